The summed E-state index contributed by atoms with van der Waals surface area (Å²) in [6.07, 6.45) is 3.46. The van der Waals surface area contributed by atoms with Crippen molar-refractivity contribution in [3.05, 3.63) is 34.9 Å². The maximum atomic E-state index is 11.9. The molecule has 0 aliphatic rings. The number of rotatable bonds is 5. The van der Waals surface area contributed by atoms with E-state index >= 15 is 0 Å². The summed E-state index contributed by atoms with van der Waals surface area (Å²) in [5, 5.41) is 18.9. The molecule has 0 spiro atoms. The van der Waals surface area contributed by atoms with Gasteiger partial charge in [0.25, 0.3) is 0 Å². The molecule has 106 valence electrons. The van der Waals surface area contributed by atoms with Gasteiger partial charge in [-0.25, -0.2) is 4.39 Å². The molecular weight excluding hydrogens is 264 g/mol. The van der Waals surface area contributed by atoms with Crippen molar-refractivity contribution in [2.24, 2.45) is 0 Å². The topological polar surface area (TPSA) is 75.7 Å². The molecule has 20 heavy (non-hydrogen) atoms. The summed E-state index contributed by atoms with van der Waals surface area (Å²) in [5.41, 5.74) is 0.863. The Kier molecular flexibility index (Phi) is 4.24. The first-order valence-corrected chi connectivity index (χ1v) is 5.95. The van der Waals surface area contributed by atoms with Gasteiger partial charge in [0, 0.05) is 12.1 Å². The van der Waals surface area contributed by atoms with Crippen molar-refractivity contribution in [3.8, 4) is 17.2 Å². The van der Waals surface area contributed by atoms with Crippen LogP contribution in [0.25, 0.3) is 12.7 Å². The number of alkyl halides is 1. The van der Waals surface area contributed by atoms with E-state index in [2.05, 4.69) is 11.6 Å². The highest BCUT2D eigenvalue weighted by Crippen LogP contribution is 2.14. The zero-order valence-electron chi connectivity index (χ0n) is 10.7. The molecule has 2 heterocycles. The first-order chi connectivity index (χ1) is 9.61. The van der Waals surface area contributed by atoms with Crippen LogP contribution in [0.2, 0.25) is 0 Å². The Morgan fingerprint density at radius 3 is 2.70 bits per heavy atom. The Bertz CT molecular complexity index is 678. The molecule has 2 N–H and O–H groups in total. The number of hydrogen-bond donors (Lipinski definition) is 2. The molecule has 0 atom stereocenters. The van der Waals surface area contributed by atoms with Crippen molar-refractivity contribution >= 4 is 12.7 Å². The van der Waals surface area contributed by atoms with Gasteiger partial charge in [0.05, 0.1) is 6.20 Å². The van der Waals surface area contributed by atoms with Gasteiger partial charge >= 0.3 is 0 Å². The van der Waals surface area contributed by atoms with Gasteiger partial charge in [0.2, 0.25) is 11.5 Å². The summed E-state index contributed by atoms with van der Waals surface area (Å²) in [6, 6.07) is 3.40. The lowest BCUT2D eigenvalue weighted by Gasteiger charge is -2.03. The van der Waals surface area contributed by atoms with Crippen LogP contribution in [0.5, 0.6) is 17.2 Å². The number of furan rings is 1. The number of ether oxygens (including phenoxy) is 1. The molecule has 0 aliphatic carbocycles. The van der Waals surface area contributed by atoms with Gasteiger partial charge in [-0.2, -0.15) is 0 Å². The van der Waals surface area contributed by atoms with E-state index < -0.39 is 6.67 Å². The van der Waals surface area contributed by atoms with E-state index in [4.69, 9.17) is 9.15 Å². The molecular formula is C14H14FNO4. The van der Waals surface area contributed by atoms with Gasteiger partial charge in [-0.05, 0) is 18.2 Å². The highest BCUT2D eigenvalue weighted by atomic mass is 18.2. The standard InChI is InChI=1S/C14H14FNO4/c1-9-13(17)14(18)12(20-9)5-3-10-2-4-11(8-16-10)19-7-6-15/h2,4-5,8,17-18H,1,3,6-7H2/b12-5+/i15-1. The number of aromatic nitrogens is 1. The summed E-state index contributed by atoms with van der Waals surface area (Å²) in [6.45, 7) is 2.88. The van der Waals surface area contributed by atoms with Crippen LogP contribution in [0.15, 0.2) is 22.7 Å². The number of halogens is 1. The zero-order valence-corrected chi connectivity index (χ0v) is 10.7. The van der Waals surface area contributed by atoms with E-state index in [0.29, 0.717) is 17.9 Å². The van der Waals surface area contributed by atoms with Crippen LogP contribution in [0.1, 0.15) is 5.69 Å². The van der Waals surface area contributed by atoms with Crippen LogP contribution in [-0.2, 0) is 6.42 Å². The lowest BCUT2D eigenvalue weighted by atomic mass is 10.2. The molecule has 0 unspecified atom stereocenters. The van der Waals surface area contributed by atoms with E-state index in [1.165, 1.54) is 6.20 Å². The van der Waals surface area contributed by atoms with Crippen LogP contribution in [-0.4, -0.2) is 28.5 Å². The third-order valence-electron chi connectivity index (χ3n) is 2.60. The van der Waals surface area contributed by atoms with Crippen molar-refractivity contribution in [2.45, 2.75) is 6.42 Å². The first kappa shape index (κ1) is 13.9. The zero-order chi connectivity index (χ0) is 14.5. The second-order valence-electron chi connectivity index (χ2n) is 4.02. The van der Waals surface area contributed by atoms with Crippen molar-refractivity contribution in [1.29, 1.82) is 0 Å². The van der Waals surface area contributed by atoms with Crippen molar-refractivity contribution in [1.82, 2.24) is 4.98 Å². The van der Waals surface area contributed by atoms with Gasteiger partial charge in [0.15, 0.2) is 10.8 Å². The van der Waals surface area contributed by atoms with Crippen LogP contribution in [0.3, 0.4) is 0 Å². The Morgan fingerprint density at radius 2 is 2.15 bits per heavy atom. The Hall–Kier alpha value is -2.50. The lowest BCUT2D eigenvalue weighted by Crippen LogP contribution is -2.01. The van der Waals surface area contributed by atoms with E-state index in [1.54, 1.807) is 18.2 Å². The van der Waals surface area contributed by atoms with Crippen molar-refractivity contribution in [3.63, 3.8) is 0 Å². The van der Waals surface area contributed by atoms with Crippen LogP contribution >= 0.6 is 0 Å². The van der Waals surface area contributed by atoms with Gasteiger partial charge in [-0.1, -0.05) is 6.58 Å². The Labute approximate surface area is 114 Å². The van der Waals surface area contributed by atoms with E-state index in [1.807, 2.05) is 0 Å². The predicted molar refractivity (Wildman–Crippen MR) is 70.7 cm³/mol. The molecule has 0 bridgehead atoms. The first-order valence-electron chi connectivity index (χ1n) is 5.95. The fourth-order valence-electron chi connectivity index (χ4n) is 1.59. The van der Waals surface area contributed by atoms with Gasteiger partial charge < -0.3 is 19.4 Å². The van der Waals surface area contributed by atoms with Crippen LogP contribution < -0.4 is 15.6 Å². The van der Waals surface area contributed by atoms with E-state index in [0.717, 1.165) is 0 Å². The molecule has 0 saturated heterocycles. The van der Waals surface area contributed by atoms with Gasteiger partial charge in [0.1, 0.15) is 19.0 Å². The molecule has 0 radical (unpaired) electrons. The molecule has 6 heteroatoms. The molecule has 5 nitrogen and oxygen atoms in total. The number of aromatic hydroxyl groups is 2. The predicted octanol–water partition coefficient (Wildman–Crippen LogP) is 0.868. The number of pyridine rings is 1. The molecule has 0 fully saturated rings. The molecule has 0 aliphatic heterocycles. The summed E-state index contributed by atoms with van der Waals surface area (Å²) in [5.74, 6) is -0.206. The molecule has 2 rings (SSSR count). The maximum absolute atomic E-state index is 11.9. The van der Waals surface area contributed by atoms with Crippen molar-refractivity contribution in [2.75, 3.05) is 13.3 Å². The normalized spacial score (nSPS) is 11.8. The fourth-order valence-corrected chi connectivity index (χ4v) is 1.59. The highest BCUT2D eigenvalue weighted by molar-refractivity contribution is 5.41. The van der Waals surface area contributed by atoms with Crippen LogP contribution in [0.4, 0.5) is 4.39 Å². The smallest absolute Gasteiger partial charge is 0.204 e. The largest absolute Gasteiger partial charge is 0.502 e. The average molecular weight is 278 g/mol. The molecule has 0 saturated carbocycles. The SMILES string of the molecule is C=c1o/c(=C/Cc2ccc(OCC[18F])cn2)c(O)c1O. The van der Waals surface area contributed by atoms with Gasteiger partial charge in [-0.15, -0.1) is 0 Å². The average Bonchev–Trinajstić information content (AvgIpc) is 2.71. The van der Waals surface area contributed by atoms with E-state index in [-0.39, 0.29) is 28.9 Å². The quantitative estimate of drug-likeness (QED) is 0.848. The third-order valence-corrected chi connectivity index (χ3v) is 2.60. The summed E-state index contributed by atoms with van der Waals surface area (Å²) < 4.78 is 22.1. The number of nitrogens with zero attached hydrogens (tertiary/aromatic N) is 1. The summed E-state index contributed by atoms with van der Waals surface area (Å²) in [7, 11) is 0. The maximum Gasteiger partial charge on any atom is 0.204 e. The number of hydrogen-bond acceptors (Lipinski definition) is 5. The molecule has 2 aromatic heterocycles. The Morgan fingerprint density at radius 1 is 1.35 bits per heavy atom. The lowest BCUT2D eigenvalue weighted by molar-refractivity contribution is 0.272. The van der Waals surface area contributed by atoms with E-state index in [9.17, 15) is 14.6 Å². The summed E-state index contributed by atoms with van der Waals surface area (Å²) in [4.78, 5) is 4.13. The van der Waals surface area contributed by atoms with Crippen LogP contribution in [0, 0.1) is 0 Å². The van der Waals surface area contributed by atoms with Crippen molar-refractivity contribution < 1.29 is 23.8 Å². The Balaban J connectivity index is 2.10. The molecule has 2 aromatic rings. The minimum atomic E-state index is -0.551. The third kappa shape index (κ3) is 3.09. The second kappa shape index (κ2) is 6.10. The minimum Gasteiger partial charge on any atom is -0.502 e. The minimum absolute atomic E-state index is 0.00102. The van der Waals surface area contributed by atoms with Gasteiger partial charge in [-0.3, -0.25) is 4.98 Å². The molecule has 0 amide bonds. The highest BCUT2D eigenvalue weighted by Gasteiger charge is 2.07. The second-order valence-corrected chi connectivity index (χ2v) is 4.02. The summed E-state index contributed by atoms with van der Waals surface area (Å²) >= 11 is 0. The molecule has 0 aromatic carbocycles. The monoisotopic (exact) mass is 278 g/mol. The fraction of sp³-hybridized carbons (Fsp3) is 0.214.